The second-order valence-electron chi connectivity index (χ2n) is 11.1. The van der Waals surface area contributed by atoms with Crippen LogP contribution in [0.1, 0.15) is 62.4 Å². The molecule has 2 aliphatic heterocycles. The van der Waals surface area contributed by atoms with Gasteiger partial charge in [0, 0.05) is 36.6 Å². The smallest absolute Gasteiger partial charge is 0.374 e. The Kier molecular flexibility index (Phi) is 7.54. The number of likely N-dealkylation sites (tertiary alicyclic amines) is 1. The molecule has 2 fully saturated rings. The molecule has 2 saturated heterocycles. The predicted octanol–water partition coefficient (Wildman–Crippen LogP) is 5.50. The maximum Gasteiger partial charge on any atom is 0.374 e. The predicted molar refractivity (Wildman–Crippen MR) is 147 cm³/mol. The van der Waals surface area contributed by atoms with Crippen LogP contribution in [0.25, 0.3) is 11.2 Å². The Bertz CT molecular complexity index is 1380. The van der Waals surface area contributed by atoms with Crippen molar-refractivity contribution in [1.82, 2.24) is 24.6 Å². The summed E-state index contributed by atoms with van der Waals surface area (Å²) in [6, 6.07) is 5.49. The number of nitrogens with zero attached hydrogens (tertiary/aromatic N) is 6. The Morgan fingerprint density at radius 3 is 2.72 bits per heavy atom. The minimum Gasteiger partial charge on any atom is -0.477 e. The highest BCUT2D eigenvalue weighted by molar-refractivity contribution is 6.30. The van der Waals surface area contributed by atoms with Crippen LogP contribution in [0.5, 0.6) is 0 Å². The Balaban J connectivity index is 1.35. The summed E-state index contributed by atoms with van der Waals surface area (Å²) in [4.78, 5) is 25.1. The average Bonchev–Trinajstić information content (AvgIpc) is 3.46. The molecule has 11 heteroatoms. The van der Waals surface area contributed by atoms with Crippen LogP contribution < -0.4 is 4.90 Å². The molecule has 1 aromatic carbocycles. The van der Waals surface area contributed by atoms with Crippen molar-refractivity contribution in [1.29, 1.82) is 0 Å². The SMILES string of the molecule is Cc1cc(Cl)ccc1C(C)n1nc(C)c2ncc(N3CCC(N4CCCC4CC(F)(F)C(=O)O)C(C)C3)nc21. The van der Waals surface area contributed by atoms with E-state index in [0.717, 1.165) is 53.2 Å². The van der Waals surface area contributed by atoms with Gasteiger partial charge in [0.1, 0.15) is 11.3 Å². The Hall–Kier alpha value is -2.85. The summed E-state index contributed by atoms with van der Waals surface area (Å²) < 4.78 is 30.0. The molecule has 0 radical (unpaired) electrons. The summed E-state index contributed by atoms with van der Waals surface area (Å²) in [5, 5.41) is 14.4. The van der Waals surface area contributed by atoms with Crippen molar-refractivity contribution in [3.63, 3.8) is 0 Å². The van der Waals surface area contributed by atoms with E-state index in [2.05, 4.69) is 23.6 Å². The number of fused-ring (bicyclic) bond motifs is 1. The van der Waals surface area contributed by atoms with E-state index in [1.54, 1.807) is 6.20 Å². The lowest BCUT2D eigenvalue weighted by molar-refractivity contribution is -0.167. The van der Waals surface area contributed by atoms with Crippen molar-refractivity contribution in [2.24, 2.45) is 5.92 Å². The van der Waals surface area contributed by atoms with Gasteiger partial charge in [0.15, 0.2) is 5.65 Å². The van der Waals surface area contributed by atoms with Gasteiger partial charge in [0.05, 0.1) is 17.9 Å². The number of hydrogen-bond acceptors (Lipinski definition) is 6. The number of alkyl halides is 2. The van der Waals surface area contributed by atoms with Gasteiger partial charge >= 0.3 is 11.9 Å². The fourth-order valence-corrected chi connectivity index (χ4v) is 6.66. The van der Waals surface area contributed by atoms with Gasteiger partial charge in [-0.25, -0.2) is 19.4 Å². The third-order valence-corrected chi connectivity index (χ3v) is 8.68. The van der Waals surface area contributed by atoms with Crippen LogP contribution in [0, 0.1) is 19.8 Å². The van der Waals surface area contributed by atoms with Gasteiger partial charge in [-0.15, -0.1) is 0 Å². The summed E-state index contributed by atoms with van der Waals surface area (Å²) in [6.07, 6.45) is 3.36. The number of carboxylic acids is 1. The molecule has 3 aromatic rings. The minimum absolute atomic E-state index is 0.0660. The van der Waals surface area contributed by atoms with Gasteiger partial charge in [0.25, 0.3) is 0 Å². The summed E-state index contributed by atoms with van der Waals surface area (Å²) in [5.41, 5.74) is 4.49. The molecule has 2 aromatic heterocycles. The zero-order valence-corrected chi connectivity index (χ0v) is 23.5. The second kappa shape index (κ2) is 10.6. The summed E-state index contributed by atoms with van der Waals surface area (Å²) in [6.45, 7) is 10.3. The first kappa shape index (κ1) is 27.7. The highest BCUT2D eigenvalue weighted by atomic mass is 35.5. The maximum absolute atomic E-state index is 14.0. The van der Waals surface area contributed by atoms with Gasteiger partial charge in [-0.3, -0.25) is 4.90 Å². The highest BCUT2D eigenvalue weighted by Crippen LogP contribution is 2.36. The largest absolute Gasteiger partial charge is 0.477 e. The number of aliphatic carboxylic acids is 1. The lowest BCUT2D eigenvalue weighted by atomic mass is 9.91. The number of carboxylic acid groups (broad SMARTS) is 1. The van der Waals surface area contributed by atoms with E-state index in [1.165, 1.54) is 0 Å². The van der Waals surface area contributed by atoms with Gasteiger partial charge < -0.3 is 10.0 Å². The molecule has 210 valence electrons. The molecule has 8 nitrogen and oxygen atoms in total. The summed E-state index contributed by atoms with van der Waals surface area (Å²) in [5.74, 6) is -4.78. The molecule has 4 unspecified atom stereocenters. The number of piperidine rings is 1. The van der Waals surface area contributed by atoms with Crippen molar-refractivity contribution < 1.29 is 18.7 Å². The van der Waals surface area contributed by atoms with Crippen LogP contribution in [-0.4, -0.2) is 73.4 Å². The molecule has 0 aliphatic carbocycles. The van der Waals surface area contributed by atoms with E-state index < -0.39 is 24.4 Å². The van der Waals surface area contributed by atoms with E-state index in [-0.39, 0.29) is 18.0 Å². The molecule has 0 amide bonds. The van der Waals surface area contributed by atoms with Crippen LogP contribution in [0.3, 0.4) is 0 Å². The maximum atomic E-state index is 14.0. The first-order chi connectivity index (χ1) is 18.5. The molecule has 0 bridgehead atoms. The van der Waals surface area contributed by atoms with Crippen LogP contribution in [0.15, 0.2) is 24.4 Å². The summed E-state index contributed by atoms with van der Waals surface area (Å²) >= 11 is 6.18. The second-order valence-corrected chi connectivity index (χ2v) is 11.6. The number of hydrogen-bond donors (Lipinski definition) is 1. The van der Waals surface area contributed by atoms with Gasteiger partial charge in [0.2, 0.25) is 0 Å². The molecule has 4 heterocycles. The molecular formula is C28H35ClF2N6O2. The van der Waals surface area contributed by atoms with Crippen molar-refractivity contribution in [2.45, 2.75) is 77.4 Å². The van der Waals surface area contributed by atoms with E-state index in [4.69, 9.17) is 31.8 Å². The molecule has 39 heavy (non-hydrogen) atoms. The fraction of sp³-hybridized carbons (Fsp3) is 0.571. The number of halogens is 3. The van der Waals surface area contributed by atoms with E-state index in [0.29, 0.717) is 24.5 Å². The number of aryl methyl sites for hydroxylation is 2. The van der Waals surface area contributed by atoms with Crippen LogP contribution in [0.2, 0.25) is 5.02 Å². The normalized spacial score (nSPS) is 23.5. The topological polar surface area (TPSA) is 87.4 Å². The highest BCUT2D eigenvalue weighted by Gasteiger charge is 2.46. The van der Waals surface area contributed by atoms with Crippen molar-refractivity contribution in [2.75, 3.05) is 24.5 Å². The summed E-state index contributed by atoms with van der Waals surface area (Å²) in [7, 11) is 0. The quantitative estimate of drug-likeness (QED) is 0.408. The van der Waals surface area contributed by atoms with Gasteiger partial charge in [-0.1, -0.05) is 24.6 Å². The molecular weight excluding hydrogens is 526 g/mol. The molecule has 5 rings (SSSR count). The van der Waals surface area contributed by atoms with E-state index >= 15 is 0 Å². The molecule has 0 spiro atoms. The fourth-order valence-electron chi connectivity index (χ4n) is 6.43. The van der Waals surface area contributed by atoms with Crippen LogP contribution >= 0.6 is 11.6 Å². The standard InChI is InChI=1S/C28H35ClF2N6O2/c1-16-12-20(29)7-8-22(16)19(4)37-26-25(18(3)34-37)32-14-24(33-26)35-11-9-23(17(2)15-35)36-10-5-6-21(36)13-28(30,31)27(38)39/h7-8,12,14,17,19,21,23H,5-6,9-11,13,15H2,1-4H3,(H,38,39). The Labute approximate surface area is 232 Å². The molecule has 0 saturated carbocycles. The lowest BCUT2D eigenvalue weighted by Gasteiger charge is -2.44. The number of rotatable bonds is 7. The minimum atomic E-state index is -3.70. The number of carbonyl (C=O) groups is 1. The number of benzene rings is 1. The molecule has 1 N–H and O–H groups in total. The Morgan fingerprint density at radius 1 is 1.26 bits per heavy atom. The van der Waals surface area contributed by atoms with Gasteiger partial charge in [-0.05, 0) is 75.8 Å². The first-order valence-electron chi connectivity index (χ1n) is 13.6. The van der Waals surface area contributed by atoms with Gasteiger partial charge in [-0.2, -0.15) is 13.9 Å². The zero-order chi connectivity index (χ0) is 28.1. The third kappa shape index (κ3) is 5.33. The van der Waals surface area contributed by atoms with Crippen molar-refractivity contribution in [3.8, 4) is 0 Å². The molecule has 2 aliphatic rings. The van der Waals surface area contributed by atoms with Crippen molar-refractivity contribution >= 4 is 34.6 Å². The number of aromatic nitrogens is 4. The first-order valence-corrected chi connectivity index (χ1v) is 13.9. The lowest BCUT2D eigenvalue weighted by Crippen LogP contribution is -2.53. The van der Waals surface area contributed by atoms with Crippen LogP contribution in [-0.2, 0) is 4.79 Å². The molecule has 4 atom stereocenters. The van der Waals surface area contributed by atoms with E-state index in [1.807, 2.05) is 36.7 Å². The zero-order valence-electron chi connectivity index (χ0n) is 22.7. The van der Waals surface area contributed by atoms with E-state index in [9.17, 15) is 13.6 Å². The van der Waals surface area contributed by atoms with Crippen LogP contribution in [0.4, 0.5) is 14.6 Å². The monoisotopic (exact) mass is 560 g/mol. The average molecular weight is 561 g/mol. The van der Waals surface area contributed by atoms with Crippen molar-refractivity contribution in [3.05, 3.63) is 46.2 Å². The Morgan fingerprint density at radius 2 is 2.03 bits per heavy atom. The number of anilines is 1. The third-order valence-electron chi connectivity index (χ3n) is 8.45.